The molecule has 1 aromatic carbocycles. The summed E-state index contributed by atoms with van der Waals surface area (Å²) in [5, 5.41) is 3.23. The Bertz CT molecular complexity index is 315. The molecule has 0 saturated heterocycles. The molecule has 15 heavy (non-hydrogen) atoms. The maximum Gasteiger partial charge on any atom is 0.124 e. The summed E-state index contributed by atoms with van der Waals surface area (Å²) < 4.78 is 5.92. The van der Waals surface area contributed by atoms with Crippen LogP contribution in [-0.2, 0) is 0 Å². The van der Waals surface area contributed by atoms with Crippen molar-refractivity contribution in [1.29, 1.82) is 0 Å². The van der Waals surface area contributed by atoms with E-state index in [1.807, 2.05) is 25.2 Å². The smallest absolute Gasteiger partial charge is 0.124 e. The van der Waals surface area contributed by atoms with Crippen molar-refractivity contribution in [3.63, 3.8) is 0 Å². The van der Waals surface area contributed by atoms with Gasteiger partial charge >= 0.3 is 0 Å². The average molecular weight is 207 g/mol. The van der Waals surface area contributed by atoms with E-state index < -0.39 is 0 Å². The van der Waals surface area contributed by atoms with Crippen molar-refractivity contribution in [3.8, 4) is 5.75 Å². The largest absolute Gasteiger partial charge is 0.488 e. The van der Waals surface area contributed by atoms with Crippen LogP contribution in [0.4, 0.5) is 0 Å². The van der Waals surface area contributed by atoms with Gasteiger partial charge in [0, 0.05) is 11.6 Å². The van der Waals surface area contributed by atoms with Crippen LogP contribution < -0.4 is 10.1 Å². The van der Waals surface area contributed by atoms with Crippen molar-refractivity contribution in [3.05, 3.63) is 29.8 Å². The molecule has 0 bridgehead atoms. The number of ether oxygens (including phenoxy) is 1. The van der Waals surface area contributed by atoms with E-state index in [2.05, 4.69) is 39.1 Å². The maximum atomic E-state index is 5.92. The lowest BCUT2D eigenvalue weighted by atomic mass is 10.1. The first-order valence-electron chi connectivity index (χ1n) is 5.39. The summed E-state index contributed by atoms with van der Waals surface area (Å²) in [7, 11) is 1.96. The molecular weight excluding hydrogens is 186 g/mol. The lowest BCUT2D eigenvalue weighted by Crippen LogP contribution is -2.24. The van der Waals surface area contributed by atoms with Crippen molar-refractivity contribution in [2.24, 2.45) is 0 Å². The van der Waals surface area contributed by atoms with Crippen LogP contribution in [0, 0.1) is 0 Å². The summed E-state index contributed by atoms with van der Waals surface area (Å²) in [6.07, 6.45) is 0. The quantitative estimate of drug-likeness (QED) is 0.822. The van der Waals surface area contributed by atoms with E-state index in [1.165, 1.54) is 5.56 Å². The van der Waals surface area contributed by atoms with Crippen LogP contribution in [0.25, 0.3) is 0 Å². The Morgan fingerprint density at radius 3 is 2.33 bits per heavy atom. The fourth-order valence-electron chi connectivity index (χ4n) is 1.42. The number of hydrogen-bond donors (Lipinski definition) is 1. The summed E-state index contributed by atoms with van der Waals surface area (Å²) >= 11 is 0. The fourth-order valence-corrected chi connectivity index (χ4v) is 1.42. The second kappa shape index (κ2) is 4.67. The van der Waals surface area contributed by atoms with Gasteiger partial charge in [0.1, 0.15) is 11.4 Å². The summed E-state index contributed by atoms with van der Waals surface area (Å²) in [4.78, 5) is 0. The van der Waals surface area contributed by atoms with Gasteiger partial charge in [0.05, 0.1) is 0 Å². The SMILES string of the molecule is CNC(C)c1ccccc1OC(C)(C)C. The summed E-state index contributed by atoms with van der Waals surface area (Å²) in [6, 6.07) is 8.48. The van der Waals surface area contributed by atoms with Gasteiger partial charge in [0.2, 0.25) is 0 Å². The Hall–Kier alpha value is -1.02. The summed E-state index contributed by atoms with van der Waals surface area (Å²) in [5.41, 5.74) is 1.05. The molecule has 0 saturated carbocycles. The van der Waals surface area contributed by atoms with E-state index in [0.717, 1.165) is 5.75 Å². The van der Waals surface area contributed by atoms with Crippen LogP contribution in [0.3, 0.4) is 0 Å². The lowest BCUT2D eigenvalue weighted by Gasteiger charge is -2.25. The third-order valence-electron chi connectivity index (χ3n) is 2.23. The third kappa shape index (κ3) is 3.56. The first kappa shape index (κ1) is 12.1. The Balaban J connectivity index is 2.96. The molecule has 0 radical (unpaired) electrons. The molecule has 0 fully saturated rings. The second-order valence-electron chi connectivity index (χ2n) is 4.76. The molecule has 0 aliphatic heterocycles. The molecule has 0 spiro atoms. The highest BCUT2D eigenvalue weighted by Crippen LogP contribution is 2.27. The predicted molar refractivity (Wildman–Crippen MR) is 64.3 cm³/mol. The monoisotopic (exact) mass is 207 g/mol. The predicted octanol–water partition coefficient (Wildman–Crippen LogP) is 3.14. The number of rotatable bonds is 3. The molecule has 1 aromatic rings. The zero-order valence-electron chi connectivity index (χ0n) is 10.3. The van der Waals surface area contributed by atoms with E-state index >= 15 is 0 Å². The van der Waals surface area contributed by atoms with Crippen LogP contribution in [0.1, 0.15) is 39.3 Å². The third-order valence-corrected chi connectivity index (χ3v) is 2.23. The van der Waals surface area contributed by atoms with Crippen molar-refractivity contribution >= 4 is 0 Å². The summed E-state index contributed by atoms with van der Waals surface area (Å²) in [5.74, 6) is 0.965. The Kier molecular flexibility index (Phi) is 3.75. The molecule has 1 atom stereocenters. The normalized spacial score (nSPS) is 13.7. The van der Waals surface area contributed by atoms with Crippen molar-refractivity contribution in [1.82, 2.24) is 5.32 Å². The molecule has 1 unspecified atom stereocenters. The zero-order chi connectivity index (χ0) is 11.5. The molecule has 0 aromatic heterocycles. The van der Waals surface area contributed by atoms with Crippen LogP contribution in [0.5, 0.6) is 5.75 Å². The van der Waals surface area contributed by atoms with Gasteiger partial charge in [-0.05, 0) is 40.8 Å². The molecule has 1 N–H and O–H groups in total. The number of hydrogen-bond acceptors (Lipinski definition) is 2. The van der Waals surface area contributed by atoms with E-state index in [0.29, 0.717) is 6.04 Å². The first-order valence-corrected chi connectivity index (χ1v) is 5.39. The highest BCUT2D eigenvalue weighted by Gasteiger charge is 2.16. The van der Waals surface area contributed by atoms with E-state index in [1.54, 1.807) is 0 Å². The topological polar surface area (TPSA) is 21.3 Å². The van der Waals surface area contributed by atoms with E-state index in [-0.39, 0.29) is 5.60 Å². The molecule has 0 heterocycles. The average Bonchev–Trinajstić information content (AvgIpc) is 2.15. The minimum Gasteiger partial charge on any atom is -0.488 e. The standard InChI is InChI=1S/C13H21NO/c1-10(14-5)11-8-6-7-9-12(11)15-13(2,3)4/h6-10,14H,1-5H3. The highest BCUT2D eigenvalue weighted by molar-refractivity contribution is 5.36. The van der Waals surface area contributed by atoms with E-state index in [4.69, 9.17) is 4.74 Å². The van der Waals surface area contributed by atoms with Gasteiger partial charge in [-0.3, -0.25) is 0 Å². The fraction of sp³-hybridized carbons (Fsp3) is 0.538. The maximum absolute atomic E-state index is 5.92. The van der Waals surface area contributed by atoms with Gasteiger partial charge in [-0.2, -0.15) is 0 Å². The van der Waals surface area contributed by atoms with Gasteiger partial charge in [-0.25, -0.2) is 0 Å². The molecule has 1 rings (SSSR count). The molecule has 0 aliphatic rings. The summed E-state index contributed by atoms with van der Waals surface area (Å²) in [6.45, 7) is 8.32. The lowest BCUT2D eigenvalue weighted by molar-refractivity contribution is 0.128. The molecular formula is C13H21NO. The van der Waals surface area contributed by atoms with Gasteiger partial charge in [0.15, 0.2) is 0 Å². The molecule has 2 heteroatoms. The molecule has 2 nitrogen and oxygen atoms in total. The number of nitrogens with one attached hydrogen (secondary N) is 1. The Morgan fingerprint density at radius 2 is 1.80 bits per heavy atom. The van der Waals surface area contributed by atoms with Gasteiger partial charge in [-0.15, -0.1) is 0 Å². The van der Waals surface area contributed by atoms with Gasteiger partial charge < -0.3 is 10.1 Å². The Labute approximate surface area is 92.6 Å². The van der Waals surface area contributed by atoms with E-state index in [9.17, 15) is 0 Å². The minimum atomic E-state index is -0.149. The highest BCUT2D eigenvalue weighted by atomic mass is 16.5. The van der Waals surface area contributed by atoms with Crippen LogP contribution >= 0.6 is 0 Å². The zero-order valence-corrected chi connectivity index (χ0v) is 10.3. The molecule has 0 aliphatic carbocycles. The number of para-hydroxylation sites is 1. The first-order chi connectivity index (χ1) is 6.94. The van der Waals surface area contributed by atoms with Gasteiger partial charge in [0.25, 0.3) is 0 Å². The molecule has 0 amide bonds. The van der Waals surface area contributed by atoms with Crippen LogP contribution in [-0.4, -0.2) is 12.6 Å². The van der Waals surface area contributed by atoms with Crippen molar-refractivity contribution < 1.29 is 4.74 Å². The van der Waals surface area contributed by atoms with Gasteiger partial charge in [-0.1, -0.05) is 18.2 Å². The minimum absolute atomic E-state index is 0.149. The Morgan fingerprint density at radius 1 is 1.20 bits per heavy atom. The molecule has 84 valence electrons. The number of benzene rings is 1. The second-order valence-corrected chi connectivity index (χ2v) is 4.76. The van der Waals surface area contributed by atoms with Crippen LogP contribution in [0.15, 0.2) is 24.3 Å². The van der Waals surface area contributed by atoms with Crippen molar-refractivity contribution in [2.75, 3.05) is 7.05 Å². The van der Waals surface area contributed by atoms with Crippen molar-refractivity contribution in [2.45, 2.75) is 39.3 Å². The van der Waals surface area contributed by atoms with Crippen LogP contribution in [0.2, 0.25) is 0 Å².